The molecular weight excluding hydrogens is 391 g/mol. The van der Waals surface area contributed by atoms with E-state index in [2.05, 4.69) is 15.5 Å². The third-order valence-electron chi connectivity index (χ3n) is 4.91. The lowest BCUT2D eigenvalue weighted by atomic mass is 10.0. The van der Waals surface area contributed by atoms with Gasteiger partial charge in [0.2, 0.25) is 0 Å². The molecule has 0 radical (unpaired) electrons. The fourth-order valence-corrected chi connectivity index (χ4v) is 3.52. The summed E-state index contributed by atoms with van der Waals surface area (Å²) in [6.07, 6.45) is 0.0841. The lowest BCUT2D eigenvalue weighted by Crippen LogP contribution is -2.32. The number of anilines is 1. The summed E-state index contributed by atoms with van der Waals surface area (Å²) in [6, 6.07) is 9.25. The highest BCUT2D eigenvalue weighted by atomic mass is 19.1. The number of amides is 3. The number of ketones is 1. The number of Topliss-reactive ketones (excluding diaryl/α,β-unsaturated/α-hetero) is 1. The number of nitrogens with zero attached hydrogens (tertiary/aromatic N) is 2. The molecule has 9 heteroatoms. The molecule has 4 rings (SSSR count). The van der Waals surface area contributed by atoms with Gasteiger partial charge in [-0.25, -0.2) is 19.2 Å². The molecule has 1 atom stereocenters. The molecule has 1 unspecified atom stereocenters. The van der Waals surface area contributed by atoms with Crippen molar-refractivity contribution >= 4 is 34.2 Å². The first kappa shape index (κ1) is 19.4. The molecule has 3 amide bonds. The lowest BCUT2D eigenvalue weighted by Gasteiger charge is -2.15. The molecule has 2 heterocycles. The summed E-state index contributed by atoms with van der Waals surface area (Å²) in [5.41, 5.74) is 0.640. The fraction of sp³-hybridized carbons (Fsp3) is 0.190. The number of urea groups is 1. The molecule has 152 valence electrons. The van der Waals surface area contributed by atoms with Crippen molar-refractivity contribution in [3.05, 3.63) is 69.9 Å². The molecule has 1 aliphatic rings. The average molecular weight is 408 g/mol. The lowest BCUT2D eigenvalue weighted by molar-refractivity contribution is -0.123. The van der Waals surface area contributed by atoms with E-state index < -0.39 is 23.8 Å². The van der Waals surface area contributed by atoms with Crippen LogP contribution in [0.2, 0.25) is 0 Å². The van der Waals surface area contributed by atoms with Gasteiger partial charge in [-0.3, -0.25) is 14.4 Å². The monoisotopic (exact) mass is 408 g/mol. The van der Waals surface area contributed by atoms with Crippen molar-refractivity contribution in [3.63, 3.8) is 0 Å². The van der Waals surface area contributed by atoms with Gasteiger partial charge in [0.15, 0.2) is 0 Å². The largest absolute Gasteiger partial charge is 0.329 e. The van der Waals surface area contributed by atoms with Crippen molar-refractivity contribution in [2.24, 2.45) is 0 Å². The Morgan fingerprint density at radius 2 is 1.87 bits per heavy atom. The van der Waals surface area contributed by atoms with Gasteiger partial charge in [0.1, 0.15) is 17.6 Å². The van der Waals surface area contributed by atoms with Crippen molar-refractivity contribution in [2.45, 2.75) is 25.8 Å². The van der Waals surface area contributed by atoms with E-state index in [0.717, 1.165) is 6.07 Å². The topological polar surface area (TPSA) is 112 Å². The summed E-state index contributed by atoms with van der Waals surface area (Å²) in [6.45, 7) is 1.31. The predicted octanol–water partition coefficient (Wildman–Crippen LogP) is 2.06. The Bertz CT molecular complexity index is 1250. The van der Waals surface area contributed by atoms with Gasteiger partial charge in [-0.2, -0.15) is 5.10 Å². The molecule has 0 saturated carbocycles. The zero-order valence-corrected chi connectivity index (χ0v) is 15.9. The predicted molar refractivity (Wildman–Crippen MR) is 107 cm³/mol. The van der Waals surface area contributed by atoms with E-state index in [1.165, 1.54) is 19.1 Å². The second-order valence-corrected chi connectivity index (χ2v) is 7.09. The van der Waals surface area contributed by atoms with Gasteiger partial charge < -0.3 is 5.32 Å². The molecule has 30 heavy (non-hydrogen) atoms. The normalized spacial score (nSPS) is 16.2. The molecule has 2 aromatic carbocycles. The molecule has 0 aliphatic carbocycles. The highest BCUT2D eigenvalue weighted by molar-refractivity contribution is 6.22. The van der Waals surface area contributed by atoms with Gasteiger partial charge in [-0.1, -0.05) is 24.3 Å². The Morgan fingerprint density at radius 3 is 2.60 bits per heavy atom. The van der Waals surface area contributed by atoms with Crippen LogP contribution in [0.1, 0.15) is 24.6 Å². The summed E-state index contributed by atoms with van der Waals surface area (Å²) in [5.74, 6) is -1.69. The maximum atomic E-state index is 14.5. The van der Waals surface area contributed by atoms with E-state index in [9.17, 15) is 23.6 Å². The highest BCUT2D eigenvalue weighted by Gasteiger charge is 2.40. The molecule has 1 aromatic heterocycles. The number of nitrogens with one attached hydrogen (secondary N) is 2. The molecule has 3 aromatic rings. The first-order valence-corrected chi connectivity index (χ1v) is 9.24. The van der Waals surface area contributed by atoms with Crippen LogP contribution in [-0.2, 0) is 16.0 Å². The summed E-state index contributed by atoms with van der Waals surface area (Å²) in [5, 5.41) is 10.1. The third-order valence-corrected chi connectivity index (χ3v) is 4.91. The molecule has 1 fully saturated rings. The summed E-state index contributed by atoms with van der Waals surface area (Å²) >= 11 is 0. The van der Waals surface area contributed by atoms with Crippen LogP contribution in [0.5, 0.6) is 0 Å². The minimum Gasteiger partial charge on any atom is -0.325 e. The maximum Gasteiger partial charge on any atom is 0.329 e. The number of fused-ring (bicyclic) bond motifs is 1. The number of hydrogen-bond donors (Lipinski definition) is 2. The first-order chi connectivity index (χ1) is 14.3. The van der Waals surface area contributed by atoms with Crippen molar-refractivity contribution in [3.8, 4) is 0 Å². The number of hydrogen-bond acceptors (Lipinski definition) is 5. The summed E-state index contributed by atoms with van der Waals surface area (Å²) in [4.78, 5) is 48.8. The van der Waals surface area contributed by atoms with Crippen LogP contribution in [-0.4, -0.2) is 34.0 Å². The fourth-order valence-electron chi connectivity index (χ4n) is 3.52. The van der Waals surface area contributed by atoms with Crippen LogP contribution in [0, 0.1) is 5.82 Å². The number of H-pyrrole nitrogens is 1. The third kappa shape index (κ3) is 3.45. The van der Waals surface area contributed by atoms with Crippen LogP contribution in [0.25, 0.3) is 10.8 Å². The summed E-state index contributed by atoms with van der Waals surface area (Å²) < 4.78 is 14.5. The minimum absolute atomic E-state index is 0.157. The molecule has 0 bridgehead atoms. The number of aromatic nitrogens is 2. The smallest absolute Gasteiger partial charge is 0.325 e. The first-order valence-electron chi connectivity index (χ1n) is 9.24. The quantitative estimate of drug-likeness (QED) is 0.628. The van der Waals surface area contributed by atoms with Crippen LogP contribution in [0.3, 0.4) is 0 Å². The van der Waals surface area contributed by atoms with Crippen molar-refractivity contribution in [2.75, 3.05) is 4.90 Å². The number of aromatic amines is 1. The van der Waals surface area contributed by atoms with Crippen LogP contribution < -0.4 is 15.8 Å². The van der Waals surface area contributed by atoms with E-state index in [1.54, 1.807) is 24.3 Å². The molecule has 2 N–H and O–H groups in total. The molecule has 8 nitrogen and oxygen atoms in total. The molecular formula is C21H17FN4O4. The van der Waals surface area contributed by atoms with Crippen molar-refractivity contribution in [1.82, 2.24) is 15.5 Å². The Kier molecular flexibility index (Phi) is 4.86. The van der Waals surface area contributed by atoms with E-state index in [-0.39, 0.29) is 29.9 Å². The Hall–Kier alpha value is -3.88. The number of benzene rings is 2. The standard InChI is InChI=1S/C21H17FN4O4/c1-11(27)8-17-20(29)26(21(30)23-17)18-10-12(6-7-15(18)22)9-16-13-4-2-3-5-14(13)19(28)25-24-16/h2-7,10,17H,8-9H2,1H3,(H,23,30)(H,25,28). The van der Waals surface area contributed by atoms with Crippen LogP contribution in [0.15, 0.2) is 47.3 Å². The molecule has 1 saturated heterocycles. The minimum atomic E-state index is -1.01. The number of carbonyl (C=O) groups is 3. The van der Waals surface area contributed by atoms with Gasteiger partial charge in [0.25, 0.3) is 11.5 Å². The second kappa shape index (κ2) is 7.51. The Morgan fingerprint density at radius 1 is 1.13 bits per heavy atom. The molecule has 0 spiro atoms. The van der Waals surface area contributed by atoms with Crippen molar-refractivity contribution < 1.29 is 18.8 Å². The number of rotatable bonds is 5. The Balaban J connectivity index is 1.69. The zero-order valence-electron chi connectivity index (χ0n) is 15.9. The van der Waals surface area contributed by atoms with Gasteiger partial charge in [0.05, 0.1) is 16.8 Å². The second-order valence-electron chi connectivity index (χ2n) is 7.09. The van der Waals surface area contributed by atoms with Gasteiger partial charge >= 0.3 is 6.03 Å². The molecule has 1 aliphatic heterocycles. The number of halogens is 1. The van der Waals surface area contributed by atoms with Crippen LogP contribution >= 0.6 is 0 Å². The number of carbonyl (C=O) groups excluding carboxylic acids is 3. The number of imide groups is 1. The van der Waals surface area contributed by atoms with Gasteiger partial charge in [-0.15, -0.1) is 0 Å². The van der Waals surface area contributed by atoms with E-state index in [4.69, 9.17) is 0 Å². The Labute approximate surface area is 169 Å². The van der Waals surface area contributed by atoms with Gasteiger partial charge in [-0.05, 0) is 30.7 Å². The zero-order chi connectivity index (χ0) is 21.4. The van der Waals surface area contributed by atoms with E-state index in [1.807, 2.05) is 0 Å². The van der Waals surface area contributed by atoms with Crippen molar-refractivity contribution in [1.29, 1.82) is 0 Å². The maximum absolute atomic E-state index is 14.5. The average Bonchev–Trinajstić information content (AvgIpc) is 2.98. The van der Waals surface area contributed by atoms with E-state index >= 15 is 0 Å². The summed E-state index contributed by atoms with van der Waals surface area (Å²) in [7, 11) is 0. The highest BCUT2D eigenvalue weighted by Crippen LogP contribution is 2.27. The van der Waals surface area contributed by atoms with Crippen LogP contribution in [0.4, 0.5) is 14.9 Å². The van der Waals surface area contributed by atoms with E-state index in [0.29, 0.717) is 26.9 Å². The van der Waals surface area contributed by atoms with Gasteiger partial charge in [0, 0.05) is 18.2 Å². The SMILES string of the molecule is CC(=O)CC1NC(=O)N(c2cc(Cc3n[nH]c(=O)c4ccccc34)ccc2F)C1=O.